The van der Waals surface area contributed by atoms with E-state index in [-0.39, 0.29) is 35.3 Å². The number of benzene rings is 2. The first-order valence-corrected chi connectivity index (χ1v) is 26.3. The lowest BCUT2D eigenvalue weighted by atomic mass is 9.93. The molecule has 22 heteroatoms. The molecule has 0 spiro atoms. The van der Waals surface area contributed by atoms with E-state index in [0.717, 1.165) is 96.3 Å². The molecule has 2 amide bonds. The summed E-state index contributed by atoms with van der Waals surface area (Å²) in [5.74, 6) is 0.899. The minimum atomic E-state index is -4.66. The van der Waals surface area contributed by atoms with Crippen LogP contribution in [0.25, 0.3) is 22.3 Å². The van der Waals surface area contributed by atoms with Gasteiger partial charge >= 0.3 is 12.4 Å². The second-order valence-electron chi connectivity index (χ2n) is 20.2. The van der Waals surface area contributed by atoms with E-state index < -0.39 is 35.3 Å². The fourth-order valence-electron chi connectivity index (χ4n) is 10.5. The highest BCUT2D eigenvalue weighted by Crippen LogP contribution is 2.38. The maximum Gasteiger partial charge on any atom is 0.417 e. The molecule has 4 saturated heterocycles. The number of rotatable bonds is 16. The molecule has 2 unspecified atom stereocenters. The molecule has 4 aromatic heterocycles. The molecule has 2 aromatic carbocycles. The number of anilines is 4. The van der Waals surface area contributed by atoms with Crippen LogP contribution in [0.15, 0.2) is 97.5 Å². The Kier molecular flexibility index (Phi) is 16.6. The molecule has 4 atom stereocenters. The summed E-state index contributed by atoms with van der Waals surface area (Å²) in [5.41, 5.74) is 3.07. The second-order valence-corrected chi connectivity index (χ2v) is 20.2. The van der Waals surface area contributed by atoms with Gasteiger partial charge in [-0.05, 0) is 140 Å². The predicted octanol–water partition coefficient (Wildman–Crippen LogP) is 9.38. The van der Waals surface area contributed by atoms with Crippen molar-refractivity contribution in [2.75, 3.05) is 92.8 Å². The first-order chi connectivity index (χ1) is 38.0. The normalized spacial score (nSPS) is 19.8. The largest absolute Gasteiger partial charge is 0.478 e. The maximum absolute atomic E-state index is 13.5. The zero-order chi connectivity index (χ0) is 55.3. The van der Waals surface area contributed by atoms with Crippen LogP contribution in [0.2, 0.25) is 0 Å². The Balaban J connectivity index is 0.841. The van der Waals surface area contributed by atoms with Crippen LogP contribution in [0.4, 0.5) is 49.4 Å². The monoisotopic (exact) mass is 1090 g/mol. The van der Waals surface area contributed by atoms with Crippen LogP contribution in [0.1, 0.15) is 68.8 Å². The number of amides is 2. The van der Waals surface area contributed by atoms with Gasteiger partial charge in [-0.15, -0.1) is 0 Å². The first kappa shape index (κ1) is 54.9. The SMILES string of the molecule is Cc1ccc(NC(=O)c2cncc(C(F)(F)F)c2)cc1-c1cc(OC[C@@H]2CCCN2)nc(N2CCOCC2C2CN[C@H](CCOc3cc(-c4cc(NC(=O)c5cc(C(F)(F)F)ccn5)ccc4C)cc(N4CCOCC4)n3)C2)c1. The van der Waals surface area contributed by atoms with Crippen LogP contribution in [-0.4, -0.2) is 122 Å². The highest BCUT2D eigenvalue weighted by molar-refractivity contribution is 6.05. The summed E-state index contributed by atoms with van der Waals surface area (Å²) in [6.45, 7) is 10.1. The third-order valence-corrected chi connectivity index (χ3v) is 14.7. The van der Waals surface area contributed by atoms with Gasteiger partial charge < -0.3 is 50.0 Å². The van der Waals surface area contributed by atoms with Crippen molar-refractivity contribution in [1.29, 1.82) is 0 Å². The molecule has 4 fully saturated rings. The molecule has 416 valence electrons. The van der Waals surface area contributed by atoms with Crippen LogP contribution >= 0.6 is 0 Å². The third-order valence-electron chi connectivity index (χ3n) is 14.7. The summed E-state index contributed by atoms with van der Waals surface area (Å²) < 4.78 is 105. The van der Waals surface area contributed by atoms with Crippen molar-refractivity contribution in [1.82, 2.24) is 30.6 Å². The zero-order valence-electron chi connectivity index (χ0n) is 43.6. The maximum atomic E-state index is 13.5. The topological polar surface area (TPSA) is 177 Å². The molecule has 0 saturated carbocycles. The van der Waals surface area contributed by atoms with E-state index in [2.05, 4.69) is 41.0 Å². The molecule has 0 radical (unpaired) electrons. The fraction of sp³-hybridized carbons (Fsp3) is 0.404. The van der Waals surface area contributed by atoms with E-state index >= 15 is 0 Å². The van der Waals surface area contributed by atoms with E-state index in [1.54, 1.807) is 24.3 Å². The van der Waals surface area contributed by atoms with Crippen molar-refractivity contribution >= 4 is 34.8 Å². The molecular formula is C57H60F6N10O6. The second kappa shape index (κ2) is 23.9. The van der Waals surface area contributed by atoms with Gasteiger partial charge in [0.15, 0.2) is 0 Å². The van der Waals surface area contributed by atoms with E-state index in [9.17, 15) is 35.9 Å². The predicted molar refractivity (Wildman–Crippen MR) is 285 cm³/mol. The Labute approximate surface area is 452 Å². The van der Waals surface area contributed by atoms with Gasteiger partial charge in [0.25, 0.3) is 11.8 Å². The number of alkyl halides is 6. The molecule has 0 aliphatic carbocycles. The van der Waals surface area contributed by atoms with Crippen LogP contribution in [0.5, 0.6) is 11.8 Å². The Bertz CT molecular complexity index is 3150. The zero-order valence-corrected chi connectivity index (χ0v) is 43.6. The van der Waals surface area contributed by atoms with E-state index in [0.29, 0.717) is 107 Å². The number of pyridine rings is 4. The lowest BCUT2D eigenvalue weighted by Gasteiger charge is -2.40. The van der Waals surface area contributed by atoms with Crippen LogP contribution in [-0.2, 0) is 21.8 Å². The molecule has 8 heterocycles. The molecular weight excluding hydrogens is 1030 g/mol. The highest BCUT2D eigenvalue weighted by Gasteiger charge is 2.38. The highest BCUT2D eigenvalue weighted by atomic mass is 19.4. The van der Waals surface area contributed by atoms with Gasteiger partial charge in [-0.2, -0.15) is 36.3 Å². The molecule has 16 nitrogen and oxygen atoms in total. The summed E-state index contributed by atoms with van der Waals surface area (Å²) in [6.07, 6.45) is -3.02. The van der Waals surface area contributed by atoms with E-state index in [4.69, 9.17) is 28.9 Å². The van der Waals surface area contributed by atoms with Crippen molar-refractivity contribution in [2.24, 2.45) is 5.92 Å². The van der Waals surface area contributed by atoms with Crippen molar-refractivity contribution < 1.29 is 54.9 Å². The summed E-state index contributed by atoms with van der Waals surface area (Å²) in [6, 6.07) is 20.9. The lowest BCUT2D eigenvalue weighted by molar-refractivity contribution is -0.138. The number of hydrogen-bond acceptors (Lipinski definition) is 14. The van der Waals surface area contributed by atoms with E-state index in [1.165, 1.54) is 0 Å². The smallest absolute Gasteiger partial charge is 0.417 e. The van der Waals surface area contributed by atoms with Crippen LogP contribution in [0.3, 0.4) is 0 Å². The molecule has 0 bridgehead atoms. The Morgan fingerprint density at radius 1 is 0.722 bits per heavy atom. The summed E-state index contributed by atoms with van der Waals surface area (Å²) >= 11 is 0. The number of aryl methyl sites for hydroxylation is 2. The number of hydrogen-bond donors (Lipinski definition) is 4. The van der Waals surface area contributed by atoms with Gasteiger partial charge in [0, 0.05) is 80.4 Å². The molecule has 79 heavy (non-hydrogen) atoms. The minimum Gasteiger partial charge on any atom is -0.478 e. The molecule has 4 aliphatic rings. The first-order valence-electron chi connectivity index (χ1n) is 26.3. The standard InChI is InChI=1S/C57H60F6N10O6/c1-34-6-8-44(69-55(75)48-26-40(9-12-66-48)56(58,59)60)28-46(34)36-22-50(72-13-17-76-18-14-72)70-52(24-36)78-16-10-42-21-38(30-67-42)49-33-77-19-15-73(49)51-23-37(25-53(71-51)79-32-45-4-3-11-65-45)47-27-43(7-5-35(47)2)68-54(74)39-20-41(31-64-29-39)57(61,62)63/h5-9,12,20,22-29,31,38,42,45,49,65,67H,3-4,10-11,13-19,21,30,32-33H2,1-2H3,(H,68,74)(H,69,75)/t38?,42-,45+,49?/m1/s1. The number of halogens is 6. The molecule has 4 aliphatic heterocycles. The minimum absolute atomic E-state index is 0.0495. The Morgan fingerprint density at radius 3 is 2.09 bits per heavy atom. The summed E-state index contributed by atoms with van der Waals surface area (Å²) in [4.78, 5) is 48.4. The van der Waals surface area contributed by atoms with Gasteiger partial charge in [-0.1, -0.05) is 12.1 Å². The van der Waals surface area contributed by atoms with Crippen molar-refractivity contribution in [2.45, 2.75) is 70.0 Å². The summed E-state index contributed by atoms with van der Waals surface area (Å²) in [7, 11) is 0. The number of carbonyl (C=O) groups excluding carboxylic acids is 2. The molecule has 6 aromatic rings. The quantitative estimate of drug-likeness (QED) is 0.0674. The van der Waals surface area contributed by atoms with Crippen molar-refractivity contribution in [3.63, 3.8) is 0 Å². The van der Waals surface area contributed by atoms with Gasteiger partial charge in [-0.3, -0.25) is 19.6 Å². The number of carbonyl (C=O) groups is 2. The molecule has 4 N–H and O–H groups in total. The average Bonchev–Trinajstić information content (AvgIpc) is 4.24. The van der Waals surface area contributed by atoms with Gasteiger partial charge in [0.1, 0.15) is 23.9 Å². The van der Waals surface area contributed by atoms with Crippen LogP contribution in [0, 0.1) is 19.8 Å². The number of ether oxygens (including phenoxy) is 4. The van der Waals surface area contributed by atoms with Crippen LogP contribution < -0.4 is 40.5 Å². The van der Waals surface area contributed by atoms with Gasteiger partial charge in [0.2, 0.25) is 11.8 Å². The Hall–Kier alpha value is -7.40. The molecule has 10 rings (SSSR count). The summed E-state index contributed by atoms with van der Waals surface area (Å²) in [5, 5.41) is 12.7. The number of nitrogens with one attached hydrogen (secondary N) is 4. The number of morpholine rings is 2. The Morgan fingerprint density at radius 2 is 1.39 bits per heavy atom. The van der Waals surface area contributed by atoms with E-state index in [1.807, 2.05) is 50.2 Å². The van der Waals surface area contributed by atoms with Crippen molar-refractivity contribution in [3.05, 3.63) is 131 Å². The van der Waals surface area contributed by atoms with Gasteiger partial charge in [-0.25, -0.2) is 0 Å². The fourth-order valence-corrected chi connectivity index (χ4v) is 10.5. The average molecular weight is 1100 g/mol. The van der Waals surface area contributed by atoms with Crippen molar-refractivity contribution in [3.8, 4) is 34.0 Å². The van der Waals surface area contributed by atoms with Gasteiger partial charge in [0.05, 0.1) is 55.8 Å². The third kappa shape index (κ3) is 13.5. The lowest BCUT2D eigenvalue weighted by Crippen LogP contribution is -2.50. The number of aromatic nitrogens is 4. The number of nitrogens with zero attached hydrogens (tertiary/aromatic N) is 6.